The molecule has 224 valence electrons. The van der Waals surface area contributed by atoms with Crippen LogP contribution in [0, 0.1) is 0 Å². The van der Waals surface area contributed by atoms with Gasteiger partial charge in [0.15, 0.2) is 0 Å². The van der Waals surface area contributed by atoms with Crippen molar-refractivity contribution >= 4 is 35.0 Å². The predicted octanol–water partition coefficient (Wildman–Crippen LogP) is 2.26. The van der Waals surface area contributed by atoms with Crippen LogP contribution < -0.4 is 20.8 Å². The van der Waals surface area contributed by atoms with Crippen LogP contribution in [0.2, 0.25) is 0 Å². The van der Waals surface area contributed by atoms with Gasteiger partial charge in [-0.15, -0.1) is 0 Å². The van der Waals surface area contributed by atoms with E-state index in [0.717, 1.165) is 34.4 Å². The highest BCUT2D eigenvalue weighted by Gasteiger charge is 2.22. The number of anilines is 2. The number of hydroxylamine groups is 2. The number of carbonyl (C=O) groups excluding carboxylic acids is 2. The molecule has 0 radical (unpaired) electrons. The molecule has 14 nitrogen and oxygen atoms in total. The highest BCUT2D eigenvalue weighted by Crippen LogP contribution is 2.32. The Kier molecular flexibility index (Phi) is 8.57. The van der Waals surface area contributed by atoms with E-state index < -0.39 is 11.9 Å². The third-order valence-corrected chi connectivity index (χ3v) is 6.79. The van der Waals surface area contributed by atoms with Gasteiger partial charge in [0.05, 0.1) is 36.9 Å². The minimum absolute atomic E-state index is 0.187. The van der Waals surface area contributed by atoms with Crippen molar-refractivity contribution in [3.05, 3.63) is 85.5 Å². The van der Waals surface area contributed by atoms with E-state index in [9.17, 15) is 9.59 Å². The molecular formula is C30H30N10O4. The standard InChI is InChI=1S/C30H30N10O4/c41-29(43-39(19-27-31-11-12-32-27)25-7-3-1-5-23(25)21-15-35-36-16-21)9-10-30(42)44-40(20-28-33-13-14-34-28)26-8-4-2-6-24(26)22-17-37-38-18-22/h1-10,15-18H,11-14,19-20H2,(H,31,32)(H,33,34)(H,35,36)(H,37,38)/b10-9+. The first-order chi connectivity index (χ1) is 21.6. The second kappa shape index (κ2) is 13.4. The van der Waals surface area contributed by atoms with E-state index in [0.29, 0.717) is 49.2 Å². The fourth-order valence-electron chi connectivity index (χ4n) is 4.79. The average Bonchev–Trinajstić information content (AvgIpc) is 3.88. The number of amidine groups is 2. The lowest BCUT2D eigenvalue weighted by atomic mass is 10.1. The van der Waals surface area contributed by atoms with Gasteiger partial charge < -0.3 is 20.3 Å². The lowest BCUT2D eigenvalue weighted by Crippen LogP contribution is -2.37. The summed E-state index contributed by atoms with van der Waals surface area (Å²) in [6.45, 7) is 3.05. The highest BCUT2D eigenvalue weighted by molar-refractivity contribution is 5.95. The molecule has 4 aromatic rings. The normalized spacial score (nSPS) is 14.0. The fraction of sp³-hybridized carbons (Fsp3) is 0.200. The van der Waals surface area contributed by atoms with Crippen molar-refractivity contribution in [2.75, 3.05) is 49.4 Å². The third kappa shape index (κ3) is 6.75. The lowest BCUT2D eigenvalue weighted by Gasteiger charge is -2.25. The number of H-pyrrole nitrogens is 2. The molecule has 4 N–H and O–H groups in total. The summed E-state index contributed by atoms with van der Waals surface area (Å²) >= 11 is 0. The molecule has 2 aromatic carbocycles. The van der Waals surface area contributed by atoms with E-state index in [1.165, 1.54) is 10.1 Å². The number of aromatic nitrogens is 4. The van der Waals surface area contributed by atoms with Crippen molar-refractivity contribution in [2.24, 2.45) is 9.98 Å². The molecule has 0 atom stereocenters. The van der Waals surface area contributed by atoms with Gasteiger partial charge in [-0.2, -0.15) is 20.3 Å². The SMILES string of the molecule is O=C(/C=C/C(=O)ON(CC1=NCCN1)c1ccccc1-c1cn[nH]c1)ON(CC1=NCCN1)c1ccccc1-c1cn[nH]c1. The lowest BCUT2D eigenvalue weighted by molar-refractivity contribution is -0.141. The molecule has 2 aliphatic heterocycles. The van der Waals surface area contributed by atoms with Gasteiger partial charge >= 0.3 is 11.9 Å². The molecule has 2 aromatic heterocycles. The first-order valence-corrected chi connectivity index (χ1v) is 14.0. The van der Waals surface area contributed by atoms with E-state index in [1.54, 1.807) is 24.8 Å². The van der Waals surface area contributed by atoms with E-state index in [-0.39, 0.29) is 13.1 Å². The van der Waals surface area contributed by atoms with Gasteiger partial charge in [0, 0.05) is 59.9 Å². The number of hydrogen-bond donors (Lipinski definition) is 4. The van der Waals surface area contributed by atoms with Crippen LogP contribution in [-0.2, 0) is 19.3 Å². The minimum atomic E-state index is -0.769. The topological polar surface area (TPSA) is 165 Å². The van der Waals surface area contributed by atoms with Crippen molar-refractivity contribution in [1.29, 1.82) is 0 Å². The maximum atomic E-state index is 13.1. The number of rotatable bonds is 12. The van der Waals surface area contributed by atoms with Crippen LogP contribution in [0.1, 0.15) is 0 Å². The molecule has 4 heterocycles. The maximum absolute atomic E-state index is 13.1. The molecule has 44 heavy (non-hydrogen) atoms. The quantitative estimate of drug-likeness (QED) is 0.141. The molecule has 0 bridgehead atoms. The molecule has 0 spiro atoms. The van der Waals surface area contributed by atoms with Crippen molar-refractivity contribution < 1.29 is 19.3 Å². The second-order valence-electron chi connectivity index (χ2n) is 9.75. The molecule has 0 saturated carbocycles. The number of nitrogens with one attached hydrogen (secondary N) is 4. The summed E-state index contributed by atoms with van der Waals surface area (Å²) in [5, 5.41) is 23.0. The molecule has 6 rings (SSSR count). The van der Waals surface area contributed by atoms with E-state index in [1.807, 2.05) is 48.5 Å². The Labute approximate surface area is 252 Å². The van der Waals surface area contributed by atoms with Gasteiger partial charge in [-0.05, 0) is 12.1 Å². The first-order valence-electron chi connectivity index (χ1n) is 14.0. The van der Waals surface area contributed by atoms with Gasteiger partial charge in [0.25, 0.3) is 0 Å². The van der Waals surface area contributed by atoms with Crippen molar-refractivity contribution in [3.8, 4) is 22.3 Å². The zero-order valence-corrected chi connectivity index (χ0v) is 23.6. The number of hydrogen-bond acceptors (Lipinski definition) is 12. The van der Waals surface area contributed by atoms with Crippen molar-refractivity contribution in [3.63, 3.8) is 0 Å². The van der Waals surface area contributed by atoms with Crippen molar-refractivity contribution in [2.45, 2.75) is 0 Å². The number of aliphatic imine (C=N–C) groups is 2. The zero-order chi connectivity index (χ0) is 30.1. The summed E-state index contributed by atoms with van der Waals surface area (Å²) in [7, 11) is 0. The summed E-state index contributed by atoms with van der Waals surface area (Å²) in [6.07, 6.45) is 8.94. The number of aromatic amines is 2. The van der Waals surface area contributed by atoms with Crippen molar-refractivity contribution in [1.82, 2.24) is 31.0 Å². The summed E-state index contributed by atoms with van der Waals surface area (Å²) in [4.78, 5) is 46.5. The molecule has 0 unspecified atom stereocenters. The Morgan fingerprint density at radius 1 is 0.705 bits per heavy atom. The summed E-state index contributed by atoms with van der Waals surface area (Å²) in [5.74, 6) is -0.179. The largest absolute Gasteiger partial charge is 0.370 e. The predicted molar refractivity (Wildman–Crippen MR) is 165 cm³/mol. The summed E-state index contributed by atoms with van der Waals surface area (Å²) in [5.41, 5.74) is 4.49. The molecule has 0 fully saturated rings. The van der Waals surface area contributed by atoms with Crippen LogP contribution in [-0.4, -0.2) is 83.3 Å². The molecular weight excluding hydrogens is 564 g/mol. The number of benzene rings is 2. The van der Waals surface area contributed by atoms with Crippen LogP contribution in [0.4, 0.5) is 11.4 Å². The number of nitrogens with zero attached hydrogens (tertiary/aromatic N) is 6. The molecule has 0 amide bonds. The Balaban J connectivity index is 1.19. The molecule has 14 heteroatoms. The third-order valence-electron chi connectivity index (χ3n) is 6.79. The Morgan fingerprint density at radius 3 is 1.55 bits per heavy atom. The highest BCUT2D eigenvalue weighted by atomic mass is 16.7. The Morgan fingerprint density at radius 2 is 1.16 bits per heavy atom. The fourth-order valence-corrected chi connectivity index (χ4v) is 4.79. The van der Waals surface area contributed by atoms with Crippen LogP contribution in [0.3, 0.4) is 0 Å². The summed E-state index contributed by atoms with van der Waals surface area (Å²) < 4.78 is 0. The van der Waals surface area contributed by atoms with E-state index in [2.05, 4.69) is 41.0 Å². The first kappa shape index (κ1) is 28.2. The van der Waals surface area contributed by atoms with E-state index in [4.69, 9.17) is 9.68 Å². The Bertz CT molecular complexity index is 1560. The van der Waals surface area contributed by atoms with Gasteiger partial charge in [-0.3, -0.25) is 20.2 Å². The number of para-hydroxylation sites is 2. The molecule has 0 saturated heterocycles. The van der Waals surface area contributed by atoms with E-state index >= 15 is 0 Å². The van der Waals surface area contributed by atoms with Crippen LogP contribution in [0.25, 0.3) is 22.3 Å². The monoisotopic (exact) mass is 594 g/mol. The summed E-state index contributed by atoms with van der Waals surface area (Å²) in [6, 6.07) is 14.9. The maximum Gasteiger partial charge on any atom is 0.356 e. The Hall–Kier alpha value is -5.92. The minimum Gasteiger partial charge on any atom is -0.370 e. The smallest absolute Gasteiger partial charge is 0.356 e. The van der Waals surface area contributed by atoms with Crippen LogP contribution in [0.15, 0.2) is 95.5 Å². The molecule has 2 aliphatic rings. The second-order valence-corrected chi connectivity index (χ2v) is 9.75. The van der Waals surface area contributed by atoms with Crippen LogP contribution >= 0.6 is 0 Å². The van der Waals surface area contributed by atoms with Gasteiger partial charge in [-0.25, -0.2) is 9.59 Å². The van der Waals surface area contributed by atoms with Crippen LogP contribution in [0.5, 0.6) is 0 Å². The number of carbonyl (C=O) groups is 2. The zero-order valence-electron chi connectivity index (χ0n) is 23.6. The average molecular weight is 595 g/mol. The van der Waals surface area contributed by atoms with Gasteiger partial charge in [0.1, 0.15) is 24.8 Å². The van der Waals surface area contributed by atoms with Gasteiger partial charge in [0.2, 0.25) is 0 Å². The molecule has 0 aliphatic carbocycles. The van der Waals surface area contributed by atoms with Gasteiger partial charge in [-0.1, -0.05) is 36.4 Å².